The zero-order valence-electron chi connectivity index (χ0n) is 10.6. The SMILES string of the molecule is COc1ccc(C(O)C(O)C(C)(C)C)c(F)c1. The van der Waals surface area contributed by atoms with Gasteiger partial charge in [-0.2, -0.15) is 0 Å². The minimum atomic E-state index is -1.25. The Labute approximate surface area is 101 Å². The molecule has 4 heteroatoms. The molecule has 0 aliphatic heterocycles. The largest absolute Gasteiger partial charge is 0.497 e. The number of hydrogen-bond acceptors (Lipinski definition) is 3. The van der Waals surface area contributed by atoms with Crippen LogP contribution in [-0.2, 0) is 0 Å². The maximum Gasteiger partial charge on any atom is 0.132 e. The molecular formula is C13H19FO3. The molecule has 2 N–H and O–H groups in total. The first-order valence-electron chi connectivity index (χ1n) is 5.47. The quantitative estimate of drug-likeness (QED) is 0.855. The van der Waals surface area contributed by atoms with Gasteiger partial charge in [-0.3, -0.25) is 0 Å². The average Bonchev–Trinajstić information content (AvgIpc) is 2.25. The predicted octanol–water partition coefficient (Wildman–Crippen LogP) is 2.27. The van der Waals surface area contributed by atoms with Gasteiger partial charge in [-0.1, -0.05) is 20.8 Å². The van der Waals surface area contributed by atoms with E-state index in [1.54, 1.807) is 26.8 Å². The Bertz CT molecular complexity index is 385. The van der Waals surface area contributed by atoms with Gasteiger partial charge >= 0.3 is 0 Å². The normalized spacial score (nSPS) is 15.5. The maximum atomic E-state index is 13.7. The zero-order valence-corrected chi connectivity index (χ0v) is 10.6. The molecule has 0 aliphatic carbocycles. The second kappa shape index (κ2) is 5.02. The predicted molar refractivity (Wildman–Crippen MR) is 63.4 cm³/mol. The van der Waals surface area contributed by atoms with Gasteiger partial charge in [-0.15, -0.1) is 0 Å². The van der Waals surface area contributed by atoms with Crippen LogP contribution in [0.25, 0.3) is 0 Å². The molecular weight excluding hydrogens is 223 g/mol. The van der Waals surface area contributed by atoms with E-state index in [0.717, 1.165) is 0 Å². The van der Waals surface area contributed by atoms with E-state index in [1.165, 1.54) is 19.2 Å². The van der Waals surface area contributed by atoms with Crippen LogP contribution in [-0.4, -0.2) is 23.4 Å². The molecule has 17 heavy (non-hydrogen) atoms. The van der Waals surface area contributed by atoms with Crippen molar-refractivity contribution in [1.29, 1.82) is 0 Å². The summed E-state index contributed by atoms with van der Waals surface area (Å²) in [5, 5.41) is 19.8. The first-order chi connectivity index (χ1) is 7.77. The van der Waals surface area contributed by atoms with Gasteiger partial charge < -0.3 is 14.9 Å². The monoisotopic (exact) mass is 242 g/mol. The van der Waals surface area contributed by atoms with Crippen molar-refractivity contribution < 1.29 is 19.3 Å². The van der Waals surface area contributed by atoms with Crippen LogP contribution in [0.15, 0.2) is 18.2 Å². The highest BCUT2D eigenvalue weighted by atomic mass is 19.1. The molecule has 0 aliphatic rings. The third-order valence-electron chi connectivity index (χ3n) is 2.71. The van der Waals surface area contributed by atoms with Crippen molar-refractivity contribution >= 4 is 0 Å². The van der Waals surface area contributed by atoms with E-state index in [-0.39, 0.29) is 5.56 Å². The summed E-state index contributed by atoms with van der Waals surface area (Å²) < 4.78 is 18.6. The third kappa shape index (κ3) is 3.17. The standard InChI is InChI=1S/C13H19FO3/c1-13(2,3)12(16)11(15)9-6-5-8(17-4)7-10(9)14/h5-7,11-12,15-16H,1-4H3. The Morgan fingerprint density at radius 1 is 1.24 bits per heavy atom. The van der Waals surface area contributed by atoms with Crippen molar-refractivity contribution in [3.63, 3.8) is 0 Å². The summed E-state index contributed by atoms with van der Waals surface area (Å²) in [6.07, 6.45) is -2.29. The molecule has 0 fully saturated rings. The molecule has 0 bridgehead atoms. The van der Waals surface area contributed by atoms with Crippen LogP contribution in [0, 0.1) is 11.2 Å². The van der Waals surface area contributed by atoms with Crippen molar-refractivity contribution in [3.05, 3.63) is 29.6 Å². The highest BCUT2D eigenvalue weighted by Gasteiger charge is 2.31. The summed E-state index contributed by atoms with van der Waals surface area (Å²) in [7, 11) is 1.44. The summed E-state index contributed by atoms with van der Waals surface area (Å²) in [6.45, 7) is 5.34. The molecule has 0 saturated carbocycles. The van der Waals surface area contributed by atoms with Crippen molar-refractivity contribution in [2.45, 2.75) is 33.0 Å². The van der Waals surface area contributed by atoms with Crippen LogP contribution >= 0.6 is 0 Å². The smallest absolute Gasteiger partial charge is 0.132 e. The topological polar surface area (TPSA) is 49.7 Å². The maximum absolute atomic E-state index is 13.7. The van der Waals surface area contributed by atoms with E-state index >= 15 is 0 Å². The average molecular weight is 242 g/mol. The summed E-state index contributed by atoms with van der Waals surface area (Å²) in [4.78, 5) is 0. The van der Waals surface area contributed by atoms with E-state index in [2.05, 4.69) is 0 Å². The number of hydrogen-bond donors (Lipinski definition) is 2. The van der Waals surface area contributed by atoms with Gasteiger partial charge in [0.25, 0.3) is 0 Å². The Morgan fingerprint density at radius 3 is 2.24 bits per heavy atom. The lowest BCUT2D eigenvalue weighted by molar-refractivity contribution is -0.0472. The molecule has 3 nitrogen and oxygen atoms in total. The van der Waals surface area contributed by atoms with Crippen molar-refractivity contribution in [3.8, 4) is 5.75 Å². The first-order valence-corrected chi connectivity index (χ1v) is 5.47. The summed E-state index contributed by atoms with van der Waals surface area (Å²) >= 11 is 0. The fourth-order valence-corrected chi connectivity index (χ4v) is 1.52. The van der Waals surface area contributed by atoms with E-state index in [9.17, 15) is 14.6 Å². The van der Waals surface area contributed by atoms with E-state index < -0.39 is 23.4 Å². The molecule has 0 radical (unpaired) electrons. The molecule has 0 aromatic heterocycles. The number of halogens is 1. The molecule has 2 unspecified atom stereocenters. The Kier molecular flexibility index (Phi) is 4.11. The van der Waals surface area contributed by atoms with Crippen LogP contribution < -0.4 is 4.74 Å². The van der Waals surface area contributed by atoms with Gasteiger partial charge in [0.1, 0.15) is 17.7 Å². The van der Waals surface area contributed by atoms with Crippen LogP contribution in [0.1, 0.15) is 32.4 Å². The summed E-state index contributed by atoms with van der Waals surface area (Å²) in [5.74, 6) is -0.205. The number of methoxy groups -OCH3 is 1. The van der Waals surface area contributed by atoms with Gasteiger partial charge in [0.15, 0.2) is 0 Å². The van der Waals surface area contributed by atoms with Crippen molar-refractivity contribution in [1.82, 2.24) is 0 Å². The van der Waals surface area contributed by atoms with Crippen molar-refractivity contribution in [2.75, 3.05) is 7.11 Å². The molecule has 0 spiro atoms. The van der Waals surface area contributed by atoms with E-state index in [1.807, 2.05) is 0 Å². The molecule has 1 aromatic carbocycles. The highest BCUT2D eigenvalue weighted by Crippen LogP contribution is 2.32. The molecule has 0 heterocycles. The second-order valence-corrected chi connectivity index (χ2v) is 5.14. The van der Waals surface area contributed by atoms with E-state index in [0.29, 0.717) is 5.75 Å². The lowest BCUT2D eigenvalue weighted by Gasteiger charge is -2.30. The molecule has 0 amide bonds. The molecule has 0 saturated heterocycles. The van der Waals surface area contributed by atoms with Gasteiger partial charge in [-0.05, 0) is 17.5 Å². The minimum absolute atomic E-state index is 0.0771. The summed E-state index contributed by atoms with van der Waals surface area (Å²) in [5.41, 5.74) is -0.445. The lowest BCUT2D eigenvalue weighted by atomic mass is 9.83. The van der Waals surface area contributed by atoms with Gasteiger partial charge in [0, 0.05) is 11.6 Å². The number of aliphatic hydroxyl groups is 2. The van der Waals surface area contributed by atoms with Gasteiger partial charge in [0.05, 0.1) is 13.2 Å². The van der Waals surface area contributed by atoms with Crippen LogP contribution in [0.4, 0.5) is 4.39 Å². The van der Waals surface area contributed by atoms with Crippen LogP contribution in [0.5, 0.6) is 5.75 Å². The zero-order chi connectivity index (χ0) is 13.2. The Balaban J connectivity index is 3.01. The van der Waals surface area contributed by atoms with Crippen molar-refractivity contribution in [2.24, 2.45) is 5.41 Å². The fourth-order valence-electron chi connectivity index (χ4n) is 1.52. The number of ether oxygens (including phenoxy) is 1. The second-order valence-electron chi connectivity index (χ2n) is 5.14. The Morgan fingerprint density at radius 2 is 1.82 bits per heavy atom. The molecule has 1 aromatic rings. The Hall–Kier alpha value is -1.13. The van der Waals surface area contributed by atoms with Crippen LogP contribution in [0.3, 0.4) is 0 Å². The number of aliphatic hydroxyl groups excluding tert-OH is 2. The molecule has 1 rings (SSSR count). The first kappa shape index (κ1) is 13.9. The molecule has 96 valence electrons. The van der Waals surface area contributed by atoms with Gasteiger partial charge in [0.2, 0.25) is 0 Å². The van der Waals surface area contributed by atoms with Gasteiger partial charge in [-0.25, -0.2) is 4.39 Å². The van der Waals surface area contributed by atoms with E-state index in [4.69, 9.17) is 4.74 Å². The third-order valence-corrected chi connectivity index (χ3v) is 2.71. The van der Waals surface area contributed by atoms with Crippen LogP contribution in [0.2, 0.25) is 0 Å². The summed E-state index contributed by atoms with van der Waals surface area (Å²) in [6, 6.07) is 4.17. The minimum Gasteiger partial charge on any atom is -0.497 e. The number of benzene rings is 1. The highest BCUT2D eigenvalue weighted by molar-refractivity contribution is 5.30. The number of rotatable bonds is 3. The fraction of sp³-hybridized carbons (Fsp3) is 0.538. The molecule has 2 atom stereocenters. The lowest BCUT2D eigenvalue weighted by Crippen LogP contribution is -2.32.